The normalized spacial score (nSPS) is 15.0. The molecular formula is C10H15N3O2. The number of aryl methyl sites for hydroxylation is 1. The number of nitrogens with one attached hydrogen (secondary N) is 1. The maximum atomic E-state index is 11.6. The van der Waals surface area contributed by atoms with E-state index in [4.69, 9.17) is 10.5 Å². The predicted octanol–water partition coefficient (Wildman–Crippen LogP) is -0.266. The van der Waals surface area contributed by atoms with Crippen molar-refractivity contribution in [1.29, 1.82) is 0 Å². The maximum Gasteiger partial charge on any atom is 0.256 e. The van der Waals surface area contributed by atoms with Crippen molar-refractivity contribution in [2.45, 2.75) is 25.9 Å². The molecule has 2 rings (SSSR count). The molecule has 3 N–H and O–H groups in total. The van der Waals surface area contributed by atoms with Crippen LogP contribution in [-0.4, -0.2) is 23.1 Å². The number of H-pyrrole nitrogens is 1. The number of nitrogens with two attached hydrogens (primary N) is 1. The van der Waals surface area contributed by atoms with E-state index < -0.39 is 0 Å². The molecule has 2 heterocycles. The number of nitrogens with zero attached hydrogens (tertiary/aromatic N) is 1. The molecule has 0 radical (unpaired) electrons. The van der Waals surface area contributed by atoms with Gasteiger partial charge in [-0.15, -0.1) is 0 Å². The van der Waals surface area contributed by atoms with Gasteiger partial charge in [0.1, 0.15) is 5.82 Å². The number of hydrogen-bond acceptors (Lipinski definition) is 4. The van der Waals surface area contributed by atoms with Gasteiger partial charge >= 0.3 is 0 Å². The lowest BCUT2D eigenvalue weighted by atomic mass is 10.1. The topological polar surface area (TPSA) is 81.0 Å². The molecule has 0 saturated carbocycles. The highest BCUT2D eigenvalue weighted by Gasteiger charge is 2.15. The van der Waals surface area contributed by atoms with Gasteiger partial charge < -0.3 is 15.5 Å². The Morgan fingerprint density at radius 3 is 3.20 bits per heavy atom. The fraction of sp³-hybridized carbons (Fsp3) is 0.600. The predicted molar refractivity (Wildman–Crippen MR) is 55.6 cm³/mol. The lowest BCUT2D eigenvalue weighted by Gasteiger charge is -2.15. The fourth-order valence-electron chi connectivity index (χ4n) is 1.68. The molecule has 0 saturated heterocycles. The van der Waals surface area contributed by atoms with Crippen LogP contribution in [0.15, 0.2) is 4.79 Å². The van der Waals surface area contributed by atoms with Crippen molar-refractivity contribution in [3.63, 3.8) is 0 Å². The summed E-state index contributed by atoms with van der Waals surface area (Å²) in [5.74, 6) is 0.742. The van der Waals surface area contributed by atoms with E-state index in [0.717, 1.165) is 30.8 Å². The van der Waals surface area contributed by atoms with E-state index in [2.05, 4.69) is 9.97 Å². The Hall–Kier alpha value is -1.20. The maximum absolute atomic E-state index is 11.6. The van der Waals surface area contributed by atoms with Gasteiger partial charge in [-0.1, -0.05) is 0 Å². The highest BCUT2D eigenvalue weighted by molar-refractivity contribution is 5.19. The average molecular weight is 209 g/mol. The first-order valence-corrected chi connectivity index (χ1v) is 5.20. The fourth-order valence-corrected chi connectivity index (χ4v) is 1.68. The van der Waals surface area contributed by atoms with E-state index in [-0.39, 0.29) is 5.56 Å². The standard InChI is InChI=1S/C10H15N3O2/c11-4-1-2-9-12-8-3-5-15-6-7(8)10(14)13-9/h1-6,11H2,(H,12,13,14). The molecule has 82 valence electrons. The van der Waals surface area contributed by atoms with Crippen LogP contribution >= 0.6 is 0 Å². The van der Waals surface area contributed by atoms with Gasteiger partial charge in [0.15, 0.2) is 0 Å². The van der Waals surface area contributed by atoms with E-state index in [1.807, 2.05) is 0 Å². The van der Waals surface area contributed by atoms with Crippen LogP contribution in [0.5, 0.6) is 0 Å². The molecule has 0 spiro atoms. The van der Waals surface area contributed by atoms with Gasteiger partial charge in [0, 0.05) is 12.8 Å². The molecule has 0 fully saturated rings. The number of hydrogen-bond donors (Lipinski definition) is 2. The number of aromatic amines is 1. The molecule has 1 aliphatic heterocycles. The summed E-state index contributed by atoms with van der Waals surface area (Å²) in [5, 5.41) is 0. The van der Waals surface area contributed by atoms with E-state index in [9.17, 15) is 4.79 Å². The largest absolute Gasteiger partial charge is 0.376 e. The molecule has 1 aromatic heterocycles. The Kier molecular flexibility index (Phi) is 3.13. The molecule has 0 aromatic carbocycles. The summed E-state index contributed by atoms with van der Waals surface area (Å²) in [6, 6.07) is 0. The monoisotopic (exact) mass is 209 g/mol. The minimum atomic E-state index is -0.0632. The third-order valence-corrected chi connectivity index (χ3v) is 2.50. The minimum Gasteiger partial charge on any atom is -0.376 e. The molecule has 1 aromatic rings. The minimum absolute atomic E-state index is 0.0632. The van der Waals surface area contributed by atoms with Crippen molar-refractivity contribution < 1.29 is 4.74 Å². The second-order valence-electron chi connectivity index (χ2n) is 3.63. The van der Waals surface area contributed by atoms with Crippen molar-refractivity contribution in [3.8, 4) is 0 Å². The van der Waals surface area contributed by atoms with E-state index >= 15 is 0 Å². The van der Waals surface area contributed by atoms with Crippen molar-refractivity contribution in [3.05, 3.63) is 27.4 Å². The van der Waals surface area contributed by atoms with Crippen LogP contribution in [0.3, 0.4) is 0 Å². The number of rotatable bonds is 3. The van der Waals surface area contributed by atoms with Crippen LogP contribution in [0, 0.1) is 0 Å². The van der Waals surface area contributed by atoms with Crippen molar-refractivity contribution in [2.75, 3.05) is 13.2 Å². The van der Waals surface area contributed by atoms with Crippen LogP contribution < -0.4 is 11.3 Å². The number of ether oxygens (including phenoxy) is 1. The summed E-state index contributed by atoms with van der Waals surface area (Å²) < 4.78 is 5.22. The zero-order valence-corrected chi connectivity index (χ0v) is 8.58. The highest BCUT2D eigenvalue weighted by Crippen LogP contribution is 2.10. The van der Waals surface area contributed by atoms with Crippen LogP contribution in [0.4, 0.5) is 0 Å². The molecule has 5 nitrogen and oxygen atoms in total. The lowest BCUT2D eigenvalue weighted by Crippen LogP contribution is -2.25. The van der Waals surface area contributed by atoms with Gasteiger partial charge in [-0.05, 0) is 13.0 Å². The third-order valence-electron chi connectivity index (χ3n) is 2.50. The van der Waals surface area contributed by atoms with Gasteiger partial charge in [-0.2, -0.15) is 0 Å². The van der Waals surface area contributed by atoms with Gasteiger partial charge in [0.25, 0.3) is 5.56 Å². The molecule has 0 bridgehead atoms. The second kappa shape index (κ2) is 4.55. The molecule has 0 aliphatic carbocycles. The first-order valence-electron chi connectivity index (χ1n) is 5.20. The number of aromatic nitrogens is 2. The lowest BCUT2D eigenvalue weighted by molar-refractivity contribution is 0.108. The molecular weight excluding hydrogens is 194 g/mol. The Labute approximate surface area is 87.7 Å². The zero-order valence-electron chi connectivity index (χ0n) is 8.58. The van der Waals surface area contributed by atoms with Crippen molar-refractivity contribution >= 4 is 0 Å². The summed E-state index contributed by atoms with van der Waals surface area (Å²) in [5.41, 5.74) is 6.91. The second-order valence-corrected chi connectivity index (χ2v) is 3.63. The summed E-state index contributed by atoms with van der Waals surface area (Å²) in [6.45, 7) is 1.65. The Balaban J connectivity index is 2.28. The van der Waals surface area contributed by atoms with Crippen molar-refractivity contribution in [2.24, 2.45) is 5.73 Å². The molecule has 0 unspecified atom stereocenters. The smallest absolute Gasteiger partial charge is 0.256 e. The van der Waals surface area contributed by atoms with E-state index in [1.54, 1.807) is 0 Å². The van der Waals surface area contributed by atoms with Crippen LogP contribution in [0.2, 0.25) is 0 Å². The SMILES string of the molecule is NCCCc1nc2c(c(=O)[nH]1)COCC2. The average Bonchev–Trinajstić information content (AvgIpc) is 2.26. The van der Waals surface area contributed by atoms with Gasteiger partial charge in [0.2, 0.25) is 0 Å². The van der Waals surface area contributed by atoms with E-state index in [0.29, 0.717) is 25.3 Å². The highest BCUT2D eigenvalue weighted by atomic mass is 16.5. The summed E-state index contributed by atoms with van der Waals surface area (Å²) in [6.07, 6.45) is 2.31. The molecule has 1 aliphatic rings. The summed E-state index contributed by atoms with van der Waals surface area (Å²) in [7, 11) is 0. The molecule has 0 amide bonds. The van der Waals surface area contributed by atoms with E-state index in [1.165, 1.54) is 0 Å². The zero-order chi connectivity index (χ0) is 10.7. The van der Waals surface area contributed by atoms with Gasteiger partial charge in [-0.3, -0.25) is 4.79 Å². The third kappa shape index (κ3) is 2.24. The van der Waals surface area contributed by atoms with Crippen molar-refractivity contribution in [1.82, 2.24) is 9.97 Å². The quantitative estimate of drug-likeness (QED) is 0.718. The number of fused-ring (bicyclic) bond motifs is 1. The molecule has 0 atom stereocenters. The summed E-state index contributed by atoms with van der Waals surface area (Å²) in [4.78, 5) is 18.8. The van der Waals surface area contributed by atoms with Gasteiger partial charge in [0.05, 0.1) is 24.5 Å². The summed E-state index contributed by atoms with van der Waals surface area (Å²) >= 11 is 0. The first kappa shape index (κ1) is 10.3. The Bertz CT molecular complexity index is 400. The molecule has 5 heteroatoms. The Morgan fingerprint density at radius 1 is 1.53 bits per heavy atom. The van der Waals surface area contributed by atoms with Crippen LogP contribution in [0.1, 0.15) is 23.5 Å². The van der Waals surface area contributed by atoms with Gasteiger partial charge in [-0.25, -0.2) is 4.98 Å². The van der Waals surface area contributed by atoms with Crippen LogP contribution in [0.25, 0.3) is 0 Å². The van der Waals surface area contributed by atoms with Crippen LogP contribution in [-0.2, 0) is 24.2 Å². The first-order chi connectivity index (χ1) is 7.31. The molecule has 15 heavy (non-hydrogen) atoms. The Morgan fingerprint density at radius 2 is 2.40 bits per heavy atom.